The van der Waals surface area contributed by atoms with Crippen LogP contribution in [0.5, 0.6) is 0 Å². The molecule has 2 amide bonds. The van der Waals surface area contributed by atoms with Gasteiger partial charge in [-0.3, -0.25) is 9.59 Å². The van der Waals surface area contributed by atoms with Crippen molar-refractivity contribution in [1.29, 1.82) is 5.26 Å². The van der Waals surface area contributed by atoms with Crippen molar-refractivity contribution in [3.05, 3.63) is 35.4 Å². The third-order valence-corrected chi connectivity index (χ3v) is 5.80. The van der Waals surface area contributed by atoms with E-state index in [-0.39, 0.29) is 23.8 Å². The molecule has 1 saturated heterocycles. The van der Waals surface area contributed by atoms with Crippen LogP contribution >= 0.6 is 11.8 Å². The normalized spacial score (nSPS) is 20.3. The van der Waals surface area contributed by atoms with Crippen LogP contribution in [0.25, 0.3) is 0 Å². The van der Waals surface area contributed by atoms with Gasteiger partial charge in [-0.1, -0.05) is 18.6 Å². The van der Waals surface area contributed by atoms with Crippen molar-refractivity contribution in [3.8, 4) is 6.07 Å². The van der Waals surface area contributed by atoms with Gasteiger partial charge in [0, 0.05) is 25.3 Å². The standard InChI is InChI=1S/C18H21N3O2S/c1-20(10-14-7-5-13(9-19)6-8-14)18(23)16-11-24-12-21(16)17(22)15-3-2-4-15/h5-8,15-16H,2-4,10-12H2,1H3/t16-/m1/s1. The molecule has 0 N–H and O–H groups in total. The van der Waals surface area contributed by atoms with E-state index < -0.39 is 0 Å². The van der Waals surface area contributed by atoms with Gasteiger partial charge in [-0.05, 0) is 30.5 Å². The number of rotatable bonds is 4. The predicted molar refractivity (Wildman–Crippen MR) is 92.9 cm³/mol. The van der Waals surface area contributed by atoms with Crippen LogP contribution in [0.4, 0.5) is 0 Å². The van der Waals surface area contributed by atoms with E-state index in [0.29, 0.717) is 23.7 Å². The van der Waals surface area contributed by atoms with E-state index in [1.807, 2.05) is 12.1 Å². The molecule has 1 aliphatic heterocycles. The Kier molecular flexibility index (Phi) is 5.10. The summed E-state index contributed by atoms with van der Waals surface area (Å²) in [7, 11) is 1.77. The van der Waals surface area contributed by atoms with E-state index in [0.717, 1.165) is 24.8 Å². The van der Waals surface area contributed by atoms with Crippen molar-refractivity contribution < 1.29 is 9.59 Å². The molecule has 1 aromatic rings. The monoisotopic (exact) mass is 343 g/mol. The molecule has 1 saturated carbocycles. The molecule has 6 heteroatoms. The van der Waals surface area contributed by atoms with Crippen LogP contribution in [-0.2, 0) is 16.1 Å². The SMILES string of the molecule is CN(Cc1ccc(C#N)cc1)C(=O)[C@H]1CSCN1C(=O)C1CCC1. The summed E-state index contributed by atoms with van der Waals surface area (Å²) in [6.07, 6.45) is 3.04. The van der Waals surface area contributed by atoms with E-state index in [4.69, 9.17) is 5.26 Å². The Balaban J connectivity index is 1.63. The zero-order valence-electron chi connectivity index (χ0n) is 13.8. The number of nitrogens with zero attached hydrogens (tertiary/aromatic N) is 3. The van der Waals surface area contributed by atoms with Gasteiger partial charge >= 0.3 is 0 Å². The Morgan fingerprint density at radius 2 is 2.04 bits per heavy atom. The average Bonchev–Trinajstić information content (AvgIpc) is 3.02. The van der Waals surface area contributed by atoms with Crippen LogP contribution in [0.1, 0.15) is 30.4 Å². The minimum Gasteiger partial charge on any atom is -0.340 e. The molecule has 24 heavy (non-hydrogen) atoms. The van der Waals surface area contributed by atoms with E-state index in [1.165, 1.54) is 0 Å². The minimum atomic E-state index is -0.341. The predicted octanol–water partition coefficient (Wildman–Crippen LogP) is 2.22. The lowest BCUT2D eigenvalue weighted by Crippen LogP contribution is -2.50. The number of hydrogen-bond acceptors (Lipinski definition) is 4. The Labute approximate surface area is 146 Å². The molecule has 1 aromatic carbocycles. The smallest absolute Gasteiger partial charge is 0.246 e. The van der Waals surface area contributed by atoms with Gasteiger partial charge in [0.2, 0.25) is 11.8 Å². The highest BCUT2D eigenvalue weighted by atomic mass is 32.2. The first-order valence-corrected chi connectivity index (χ1v) is 9.38. The fraction of sp³-hybridized carbons (Fsp3) is 0.500. The zero-order valence-corrected chi connectivity index (χ0v) is 14.6. The van der Waals surface area contributed by atoms with Crippen molar-refractivity contribution >= 4 is 23.6 Å². The number of nitriles is 1. The lowest BCUT2D eigenvalue weighted by atomic mass is 9.84. The fourth-order valence-corrected chi connectivity index (χ4v) is 4.20. The quantitative estimate of drug-likeness (QED) is 0.841. The van der Waals surface area contributed by atoms with E-state index in [9.17, 15) is 9.59 Å². The van der Waals surface area contributed by atoms with Crippen molar-refractivity contribution in [1.82, 2.24) is 9.80 Å². The van der Waals surface area contributed by atoms with Crippen LogP contribution < -0.4 is 0 Å². The summed E-state index contributed by atoms with van der Waals surface area (Å²) in [5.74, 6) is 1.57. The van der Waals surface area contributed by atoms with Crippen molar-refractivity contribution in [2.24, 2.45) is 5.92 Å². The van der Waals surface area contributed by atoms with Gasteiger partial charge in [-0.2, -0.15) is 5.26 Å². The first-order chi connectivity index (χ1) is 11.6. The second kappa shape index (κ2) is 7.27. The molecule has 3 rings (SSSR count). The molecular weight excluding hydrogens is 322 g/mol. The van der Waals surface area contributed by atoms with E-state index in [1.54, 1.807) is 40.7 Å². The van der Waals surface area contributed by atoms with Crippen molar-refractivity contribution in [2.45, 2.75) is 31.8 Å². The second-order valence-electron chi connectivity index (χ2n) is 6.45. The van der Waals surface area contributed by atoms with Gasteiger partial charge in [-0.25, -0.2) is 0 Å². The highest BCUT2D eigenvalue weighted by Gasteiger charge is 2.40. The van der Waals surface area contributed by atoms with Crippen LogP contribution in [0.15, 0.2) is 24.3 Å². The lowest BCUT2D eigenvalue weighted by molar-refractivity contribution is -0.146. The van der Waals surface area contributed by atoms with E-state index >= 15 is 0 Å². The maximum absolute atomic E-state index is 12.8. The Bertz CT molecular complexity index is 664. The number of likely N-dealkylation sites (N-methyl/N-ethyl adjacent to an activating group) is 1. The molecule has 0 radical (unpaired) electrons. The largest absolute Gasteiger partial charge is 0.340 e. The summed E-state index contributed by atoms with van der Waals surface area (Å²) in [5, 5.41) is 8.84. The minimum absolute atomic E-state index is 0.00275. The number of carbonyl (C=O) groups is 2. The fourth-order valence-electron chi connectivity index (χ4n) is 3.05. The summed E-state index contributed by atoms with van der Waals surface area (Å²) < 4.78 is 0. The molecule has 0 bridgehead atoms. The van der Waals surface area contributed by atoms with Gasteiger partial charge in [0.1, 0.15) is 6.04 Å². The summed E-state index contributed by atoms with van der Waals surface area (Å²) in [4.78, 5) is 28.7. The Hall–Kier alpha value is -2.00. The molecule has 5 nitrogen and oxygen atoms in total. The third kappa shape index (κ3) is 3.41. The van der Waals surface area contributed by atoms with Crippen LogP contribution in [0, 0.1) is 17.2 Å². The molecule has 0 unspecified atom stereocenters. The number of thioether (sulfide) groups is 1. The van der Waals surface area contributed by atoms with Crippen molar-refractivity contribution in [2.75, 3.05) is 18.7 Å². The molecule has 0 aromatic heterocycles. The number of carbonyl (C=O) groups excluding carboxylic acids is 2. The number of benzene rings is 1. The summed E-state index contributed by atoms with van der Waals surface area (Å²) in [5.41, 5.74) is 1.59. The van der Waals surface area contributed by atoms with Gasteiger partial charge in [0.25, 0.3) is 0 Å². The molecule has 1 heterocycles. The number of hydrogen-bond donors (Lipinski definition) is 0. The molecular formula is C18H21N3O2S. The lowest BCUT2D eigenvalue weighted by Gasteiger charge is -2.33. The maximum Gasteiger partial charge on any atom is 0.246 e. The summed E-state index contributed by atoms with van der Waals surface area (Å²) in [6, 6.07) is 8.99. The van der Waals surface area contributed by atoms with Crippen LogP contribution in [0.2, 0.25) is 0 Å². The van der Waals surface area contributed by atoms with Gasteiger partial charge in [-0.15, -0.1) is 11.8 Å². The average molecular weight is 343 g/mol. The molecule has 1 aliphatic carbocycles. The highest BCUT2D eigenvalue weighted by Crippen LogP contribution is 2.32. The van der Waals surface area contributed by atoms with Gasteiger partial charge < -0.3 is 9.80 Å². The molecule has 126 valence electrons. The Morgan fingerprint density at radius 1 is 1.33 bits per heavy atom. The molecule has 2 fully saturated rings. The number of amides is 2. The first-order valence-electron chi connectivity index (χ1n) is 8.22. The van der Waals surface area contributed by atoms with Crippen molar-refractivity contribution in [3.63, 3.8) is 0 Å². The van der Waals surface area contributed by atoms with Crippen LogP contribution in [0.3, 0.4) is 0 Å². The summed E-state index contributed by atoms with van der Waals surface area (Å²) >= 11 is 1.65. The maximum atomic E-state index is 12.8. The van der Waals surface area contributed by atoms with Crippen LogP contribution in [-0.4, -0.2) is 46.3 Å². The Morgan fingerprint density at radius 3 is 2.62 bits per heavy atom. The highest BCUT2D eigenvalue weighted by molar-refractivity contribution is 7.99. The zero-order chi connectivity index (χ0) is 17.1. The third-order valence-electron chi connectivity index (χ3n) is 4.78. The topological polar surface area (TPSA) is 64.4 Å². The molecule has 2 aliphatic rings. The second-order valence-corrected chi connectivity index (χ2v) is 7.45. The van der Waals surface area contributed by atoms with E-state index in [2.05, 4.69) is 6.07 Å². The van der Waals surface area contributed by atoms with Gasteiger partial charge in [0.05, 0.1) is 17.5 Å². The first kappa shape index (κ1) is 16.8. The summed E-state index contributed by atoms with van der Waals surface area (Å²) in [6.45, 7) is 0.483. The molecule has 1 atom stereocenters. The van der Waals surface area contributed by atoms with Gasteiger partial charge in [0.15, 0.2) is 0 Å². The molecule has 0 spiro atoms.